The third-order valence-corrected chi connectivity index (χ3v) is 3.43. The molecule has 4 nitrogen and oxygen atoms in total. The Morgan fingerprint density at radius 1 is 1.41 bits per heavy atom. The maximum absolute atomic E-state index is 13.7. The number of hydrogen-bond donors (Lipinski definition) is 2. The number of carbonyl (C=O) groups is 1. The third-order valence-electron chi connectivity index (χ3n) is 2.93. The molecule has 0 spiro atoms. The Bertz CT molecular complexity index is 503. The minimum absolute atomic E-state index is 0.0617. The second kappa shape index (κ2) is 8.48. The van der Waals surface area contributed by atoms with E-state index in [1.54, 1.807) is 12.1 Å². The average molecular weight is 375 g/mol. The van der Waals surface area contributed by atoms with Crippen LogP contribution in [0.2, 0.25) is 0 Å². The first-order chi connectivity index (χ1) is 10.2. The van der Waals surface area contributed by atoms with Gasteiger partial charge in [0.2, 0.25) is 0 Å². The average Bonchev–Trinajstić information content (AvgIpc) is 2.37. The van der Waals surface area contributed by atoms with E-state index in [1.165, 1.54) is 6.07 Å². The second-order valence-electron chi connectivity index (χ2n) is 6.12. The Morgan fingerprint density at radius 3 is 2.64 bits per heavy atom. The van der Waals surface area contributed by atoms with Crippen molar-refractivity contribution in [3.63, 3.8) is 0 Å². The molecule has 0 saturated heterocycles. The molecule has 1 rings (SSSR count). The molecule has 2 N–H and O–H groups in total. The lowest BCUT2D eigenvalue weighted by molar-refractivity contribution is 0.0502. The van der Waals surface area contributed by atoms with Crippen molar-refractivity contribution in [2.75, 3.05) is 6.54 Å². The van der Waals surface area contributed by atoms with Crippen molar-refractivity contribution in [2.24, 2.45) is 0 Å². The van der Waals surface area contributed by atoms with Gasteiger partial charge in [-0.1, -0.05) is 28.9 Å². The molecule has 0 aliphatic heterocycles. The number of nitrogens with one attached hydrogen (secondary N) is 2. The fourth-order valence-electron chi connectivity index (χ4n) is 1.82. The van der Waals surface area contributed by atoms with Crippen molar-refractivity contribution in [2.45, 2.75) is 52.3 Å². The van der Waals surface area contributed by atoms with Crippen molar-refractivity contribution >= 4 is 22.0 Å². The van der Waals surface area contributed by atoms with Crippen molar-refractivity contribution < 1.29 is 13.9 Å². The monoisotopic (exact) mass is 374 g/mol. The van der Waals surface area contributed by atoms with Crippen LogP contribution in [-0.2, 0) is 11.3 Å². The minimum Gasteiger partial charge on any atom is -0.444 e. The van der Waals surface area contributed by atoms with Crippen LogP contribution in [0, 0.1) is 5.82 Å². The molecular weight excluding hydrogens is 351 g/mol. The lowest BCUT2D eigenvalue weighted by Gasteiger charge is -2.23. The van der Waals surface area contributed by atoms with Gasteiger partial charge in [-0.25, -0.2) is 9.18 Å². The summed E-state index contributed by atoms with van der Waals surface area (Å²) in [4.78, 5) is 11.7. The van der Waals surface area contributed by atoms with Crippen LogP contribution >= 0.6 is 15.9 Å². The second-order valence-corrected chi connectivity index (χ2v) is 7.03. The van der Waals surface area contributed by atoms with Crippen LogP contribution in [0.1, 0.15) is 39.7 Å². The minimum atomic E-state index is -0.518. The van der Waals surface area contributed by atoms with E-state index in [-0.39, 0.29) is 11.9 Å². The highest BCUT2D eigenvalue weighted by Crippen LogP contribution is 2.15. The number of hydrogen-bond acceptors (Lipinski definition) is 3. The van der Waals surface area contributed by atoms with Gasteiger partial charge in [-0.05, 0) is 39.3 Å². The number of ether oxygens (including phenoxy) is 1. The standard InChI is InChI=1S/C16H24BrFN2O2/c1-5-13(20-15(21)22-16(2,3)4)10-19-9-11-6-7-12(17)8-14(11)18/h6-8,13,19H,5,9-10H2,1-4H3,(H,20,21). The van der Waals surface area contributed by atoms with E-state index in [0.29, 0.717) is 23.1 Å². The fraction of sp³-hybridized carbons (Fsp3) is 0.562. The molecule has 0 bridgehead atoms. The topological polar surface area (TPSA) is 50.4 Å². The lowest BCUT2D eigenvalue weighted by atomic mass is 10.2. The van der Waals surface area contributed by atoms with Crippen LogP contribution < -0.4 is 10.6 Å². The zero-order chi connectivity index (χ0) is 16.8. The van der Waals surface area contributed by atoms with Crippen molar-refractivity contribution in [1.82, 2.24) is 10.6 Å². The first-order valence-electron chi connectivity index (χ1n) is 7.35. The molecule has 1 amide bonds. The highest BCUT2D eigenvalue weighted by molar-refractivity contribution is 9.10. The summed E-state index contributed by atoms with van der Waals surface area (Å²) in [5.41, 5.74) is 0.0754. The summed E-state index contributed by atoms with van der Waals surface area (Å²) >= 11 is 3.23. The van der Waals surface area contributed by atoms with Gasteiger partial charge in [-0.3, -0.25) is 0 Å². The van der Waals surface area contributed by atoms with E-state index in [4.69, 9.17) is 4.74 Å². The largest absolute Gasteiger partial charge is 0.444 e. The zero-order valence-corrected chi connectivity index (χ0v) is 15.1. The third kappa shape index (κ3) is 7.22. The molecule has 1 aromatic carbocycles. The van der Waals surface area contributed by atoms with Gasteiger partial charge in [-0.2, -0.15) is 0 Å². The van der Waals surface area contributed by atoms with Crippen LogP contribution in [-0.4, -0.2) is 24.3 Å². The molecule has 1 aromatic rings. The van der Waals surface area contributed by atoms with Crippen molar-refractivity contribution in [1.29, 1.82) is 0 Å². The van der Waals surface area contributed by atoms with E-state index >= 15 is 0 Å². The maximum Gasteiger partial charge on any atom is 0.407 e. The molecule has 0 saturated carbocycles. The first kappa shape index (κ1) is 18.9. The predicted octanol–water partition coefficient (Wildman–Crippen LogP) is 3.98. The van der Waals surface area contributed by atoms with Gasteiger partial charge in [0, 0.05) is 29.2 Å². The smallest absolute Gasteiger partial charge is 0.407 e. The number of amides is 1. The van der Waals surface area contributed by atoms with Crippen molar-refractivity contribution in [3.05, 3.63) is 34.1 Å². The number of halogens is 2. The van der Waals surface area contributed by atoms with Gasteiger partial charge >= 0.3 is 6.09 Å². The summed E-state index contributed by atoms with van der Waals surface area (Å²) < 4.78 is 19.6. The van der Waals surface area contributed by atoms with Crippen LogP contribution in [0.15, 0.2) is 22.7 Å². The van der Waals surface area contributed by atoms with Gasteiger partial charge in [0.05, 0.1) is 0 Å². The summed E-state index contributed by atoms with van der Waals surface area (Å²) in [7, 11) is 0. The summed E-state index contributed by atoms with van der Waals surface area (Å²) in [6.45, 7) is 8.40. The highest BCUT2D eigenvalue weighted by atomic mass is 79.9. The zero-order valence-electron chi connectivity index (χ0n) is 13.5. The summed E-state index contributed by atoms with van der Waals surface area (Å²) in [6, 6.07) is 4.91. The Kier molecular flexibility index (Phi) is 7.29. The summed E-state index contributed by atoms with van der Waals surface area (Å²) in [5.74, 6) is -0.255. The molecule has 1 unspecified atom stereocenters. The lowest BCUT2D eigenvalue weighted by Crippen LogP contribution is -2.43. The van der Waals surface area contributed by atoms with E-state index < -0.39 is 11.7 Å². The van der Waals surface area contributed by atoms with Crippen LogP contribution in [0.5, 0.6) is 0 Å². The van der Waals surface area contributed by atoms with E-state index in [9.17, 15) is 9.18 Å². The number of carbonyl (C=O) groups excluding carboxylic acids is 1. The molecule has 6 heteroatoms. The first-order valence-corrected chi connectivity index (χ1v) is 8.14. The maximum atomic E-state index is 13.7. The van der Waals surface area contributed by atoms with E-state index in [2.05, 4.69) is 26.6 Å². The summed E-state index contributed by atoms with van der Waals surface area (Å²) in [5, 5.41) is 5.96. The number of rotatable bonds is 6. The Hall–Kier alpha value is -1.14. The molecule has 0 fully saturated rings. The molecule has 0 radical (unpaired) electrons. The Labute approximate surface area is 139 Å². The Balaban J connectivity index is 2.42. The number of alkyl carbamates (subject to hydrolysis) is 1. The SMILES string of the molecule is CCC(CNCc1ccc(Br)cc1F)NC(=O)OC(C)(C)C. The van der Waals surface area contributed by atoms with Gasteiger partial charge in [0.1, 0.15) is 11.4 Å². The van der Waals surface area contributed by atoms with E-state index in [1.807, 2.05) is 27.7 Å². The number of benzene rings is 1. The molecule has 22 heavy (non-hydrogen) atoms. The highest BCUT2D eigenvalue weighted by Gasteiger charge is 2.18. The fourth-order valence-corrected chi connectivity index (χ4v) is 2.15. The molecular formula is C16H24BrFN2O2. The molecule has 0 aliphatic rings. The molecule has 0 aromatic heterocycles. The van der Waals surface area contributed by atoms with Gasteiger partial charge < -0.3 is 15.4 Å². The van der Waals surface area contributed by atoms with Gasteiger partial charge in [0.15, 0.2) is 0 Å². The molecule has 0 aliphatic carbocycles. The van der Waals surface area contributed by atoms with Crippen LogP contribution in [0.3, 0.4) is 0 Å². The molecule has 0 heterocycles. The van der Waals surface area contributed by atoms with E-state index in [0.717, 1.165) is 6.42 Å². The van der Waals surface area contributed by atoms with Crippen LogP contribution in [0.4, 0.5) is 9.18 Å². The van der Waals surface area contributed by atoms with Crippen molar-refractivity contribution in [3.8, 4) is 0 Å². The Morgan fingerprint density at radius 2 is 2.09 bits per heavy atom. The predicted molar refractivity (Wildman–Crippen MR) is 89.3 cm³/mol. The van der Waals surface area contributed by atoms with Gasteiger partial charge in [0.25, 0.3) is 0 Å². The normalized spacial score (nSPS) is 12.8. The quantitative estimate of drug-likeness (QED) is 0.791. The molecule has 1 atom stereocenters. The summed E-state index contributed by atoms with van der Waals surface area (Å²) in [6.07, 6.45) is 0.325. The van der Waals surface area contributed by atoms with Gasteiger partial charge in [-0.15, -0.1) is 0 Å². The molecule has 124 valence electrons. The van der Waals surface area contributed by atoms with Crippen LogP contribution in [0.25, 0.3) is 0 Å².